The second-order valence-corrected chi connectivity index (χ2v) is 7.60. The van der Waals surface area contributed by atoms with Crippen LogP contribution >= 0.6 is 27.7 Å². The zero-order valence-corrected chi connectivity index (χ0v) is 17.0. The molecule has 0 spiro atoms. The molecule has 1 aromatic heterocycles. The van der Waals surface area contributed by atoms with Gasteiger partial charge < -0.3 is 9.15 Å². The zero-order valence-electron chi connectivity index (χ0n) is 14.6. The number of amides is 2. The normalized spacial score (nSPS) is 16.9. The highest BCUT2D eigenvalue weighted by atomic mass is 79.9. The first-order valence-corrected chi connectivity index (χ1v) is 9.81. The van der Waals surface area contributed by atoms with Crippen LogP contribution in [0.2, 0.25) is 0 Å². The van der Waals surface area contributed by atoms with Crippen molar-refractivity contribution in [3.8, 4) is 11.3 Å². The molecule has 0 saturated carbocycles. The molecule has 1 atom stereocenters. The smallest absolute Gasteiger partial charge is 0.329 e. The maximum Gasteiger partial charge on any atom is 0.329 e. The topological polar surface area (TPSA) is 76.8 Å². The standard InChI is InChI=1S/C19H16BrNO5S/c1-3-25-18(23)11(2)21-17(22)16(27-19(21)24)10-14-7-8-15(26-14)12-5-4-6-13(20)9-12/h4-11H,3H2,1-2H3/b16-10+/t11-/m1/s1. The lowest BCUT2D eigenvalue weighted by molar-refractivity contribution is -0.150. The van der Waals surface area contributed by atoms with Crippen molar-refractivity contribution in [2.75, 3.05) is 6.61 Å². The number of benzene rings is 1. The van der Waals surface area contributed by atoms with Crippen LogP contribution in [0.25, 0.3) is 17.4 Å². The van der Waals surface area contributed by atoms with E-state index in [1.54, 1.807) is 19.1 Å². The van der Waals surface area contributed by atoms with E-state index in [0.29, 0.717) is 11.5 Å². The van der Waals surface area contributed by atoms with E-state index in [2.05, 4.69) is 15.9 Å². The molecule has 2 heterocycles. The third kappa shape index (κ3) is 4.17. The first-order chi connectivity index (χ1) is 12.9. The number of rotatable bonds is 5. The minimum Gasteiger partial charge on any atom is -0.464 e. The summed E-state index contributed by atoms with van der Waals surface area (Å²) in [5.74, 6) is -0.0668. The fraction of sp³-hybridized carbons (Fsp3) is 0.211. The Kier molecular flexibility index (Phi) is 5.86. The van der Waals surface area contributed by atoms with Crippen LogP contribution in [0.3, 0.4) is 0 Å². The quantitative estimate of drug-likeness (QED) is 0.486. The lowest BCUT2D eigenvalue weighted by atomic mass is 10.2. The van der Waals surface area contributed by atoms with Crippen molar-refractivity contribution in [2.45, 2.75) is 19.9 Å². The van der Waals surface area contributed by atoms with E-state index in [0.717, 1.165) is 26.7 Å². The van der Waals surface area contributed by atoms with Crippen LogP contribution in [0.1, 0.15) is 19.6 Å². The van der Waals surface area contributed by atoms with E-state index in [-0.39, 0.29) is 11.5 Å². The lowest BCUT2D eigenvalue weighted by Gasteiger charge is -2.19. The molecule has 1 aliphatic heterocycles. The molecule has 0 N–H and O–H groups in total. The summed E-state index contributed by atoms with van der Waals surface area (Å²) < 4.78 is 11.6. The van der Waals surface area contributed by atoms with Gasteiger partial charge in [-0.05, 0) is 49.9 Å². The molecule has 0 unspecified atom stereocenters. The Morgan fingerprint density at radius 2 is 2.11 bits per heavy atom. The Hall–Kier alpha value is -2.32. The van der Waals surface area contributed by atoms with Gasteiger partial charge in [-0.2, -0.15) is 0 Å². The van der Waals surface area contributed by atoms with Crippen molar-refractivity contribution in [3.63, 3.8) is 0 Å². The number of hydrogen-bond donors (Lipinski definition) is 0. The molecule has 1 saturated heterocycles. The molecule has 0 bridgehead atoms. The number of esters is 1. The van der Waals surface area contributed by atoms with Gasteiger partial charge in [-0.1, -0.05) is 28.1 Å². The third-order valence-corrected chi connectivity index (χ3v) is 5.22. The van der Waals surface area contributed by atoms with Crippen LogP contribution in [-0.4, -0.2) is 34.7 Å². The number of ether oxygens (including phenoxy) is 1. The SMILES string of the molecule is CCOC(=O)[C@@H](C)N1C(=O)S/C(=C/c2ccc(-c3cccc(Br)c3)o2)C1=O. The monoisotopic (exact) mass is 449 g/mol. The van der Waals surface area contributed by atoms with Crippen LogP contribution in [0.4, 0.5) is 4.79 Å². The first-order valence-electron chi connectivity index (χ1n) is 8.20. The van der Waals surface area contributed by atoms with Gasteiger partial charge in [0.1, 0.15) is 17.6 Å². The average Bonchev–Trinajstić information content (AvgIpc) is 3.20. The summed E-state index contributed by atoms with van der Waals surface area (Å²) in [4.78, 5) is 37.7. The number of nitrogens with zero attached hydrogens (tertiary/aromatic N) is 1. The van der Waals surface area contributed by atoms with Gasteiger partial charge >= 0.3 is 5.97 Å². The molecule has 1 aliphatic rings. The van der Waals surface area contributed by atoms with Crippen molar-refractivity contribution in [2.24, 2.45) is 0 Å². The van der Waals surface area contributed by atoms with E-state index in [4.69, 9.17) is 9.15 Å². The van der Waals surface area contributed by atoms with Gasteiger partial charge in [-0.25, -0.2) is 4.79 Å². The van der Waals surface area contributed by atoms with Crippen LogP contribution in [0.15, 0.2) is 50.2 Å². The van der Waals surface area contributed by atoms with Gasteiger partial charge in [-0.15, -0.1) is 0 Å². The Morgan fingerprint density at radius 1 is 1.33 bits per heavy atom. The molecular formula is C19H16BrNO5S. The number of halogens is 1. The molecule has 1 fully saturated rings. The largest absolute Gasteiger partial charge is 0.464 e. The maximum absolute atomic E-state index is 12.6. The molecule has 27 heavy (non-hydrogen) atoms. The highest BCUT2D eigenvalue weighted by Gasteiger charge is 2.41. The Morgan fingerprint density at radius 3 is 2.81 bits per heavy atom. The molecule has 0 radical (unpaired) electrons. The van der Waals surface area contributed by atoms with Crippen LogP contribution in [-0.2, 0) is 14.3 Å². The summed E-state index contributed by atoms with van der Waals surface area (Å²) in [6, 6.07) is 10.2. The summed E-state index contributed by atoms with van der Waals surface area (Å²) in [5, 5.41) is -0.509. The van der Waals surface area contributed by atoms with Gasteiger partial charge in [0, 0.05) is 16.1 Å². The molecule has 2 amide bonds. The number of thioether (sulfide) groups is 1. The second kappa shape index (κ2) is 8.14. The average molecular weight is 450 g/mol. The van der Waals surface area contributed by atoms with E-state index < -0.39 is 23.2 Å². The van der Waals surface area contributed by atoms with Crippen LogP contribution in [0, 0.1) is 0 Å². The van der Waals surface area contributed by atoms with Crippen LogP contribution in [0.5, 0.6) is 0 Å². The predicted molar refractivity (Wildman–Crippen MR) is 106 cm³/mol. The summed E-state index contributed by atoms with van der Waals surface area (Å²) in [6.07, 6.45) is 1.50. The summed E-state index contributed by atoms with van der Waals surface area (Å²) in [7, 11) is 0. The van der Waals surface area contributed by atoms with Gasteiger partial charge in [0.2, 0.25) is 0 Å². The number of hydrogen-bond acceptors (Lipinski definition) is 6. The maximum atomic E-state index is 12.6. The Labute approximate surface area is 168 Å². The van der Waals surface area contributed by atoms with Crippen molar-refractivity contribution in [1.29, 1.82) is 0 Å². The molecule has 140 valence electrons. The molecule has 6 nitrogen and oxygen atoms in total. The zero-order chi connectivity index (χ0) is 19.6. The predicted octanol–water partition coefficient (Wildman–Crippen LogP) is 4.70. The van der Waals surface area contributed by atoms with Crippen molar-refractivity contribution >= 4 is 50.9 Å². The molecular weight excluding hydrogens is 434 g/mol. The number of carbonyl (C=O) groups is 3. The Bertz CT molecular complexity index is 936. The summed E-state index contributed by atoms with van der Waals surface area (Å²) in [6.45, 7) is 3.31. The fourth-order valence-electron chi connectivity index (χ4n) is 2.54. The van der Waals surface area contributed by atoms with E-state index in [1.807, 2.05) is 24.3 Å². The van der Waals surface area contributed by atoms with Gasteiger partial charge in [-0.3, -0.25) is 14.5 Å². The lowest BCUT2D eigenvalue weighted by Crippen LogP contribution is -2.42. The third-order valence-electron chi connectivity index (χ3n) is 3.85. The Balaban J connectivity index is 1.81. The molecule has 3 rings (SSSR count). The van der Waals surface area contributed by atoms with Gasteiger partial charge in [0.05, 0.1) is 11.5 Å². The molecule has 8 heteroatoms. The second-order valence-electron chi connectivity index (χ2n) is 5.69. The molecule has 1 aromatic carbocycles. The van der Waals surface area contributed by atoms with Gasteiger partial charge in [0.15, 0.2) is 0 Å². The van der Waals surface area contributed by atoms with Crippen molar-refractivity contribution in [3.05, 3.63) is 51.5 Å². The van der Waals surface area contributed by atoms with Gasteiger partial charge in [0.25, 0.3) is 11.1 Å². The molecule has 0 aliphatic carbocycles. The minimum atomic E-state index is -0.975. The highest BCUT2D eigenvalue weighted by Crippen LogP contribution is 2.35. The number of furan rings is 1. The fourth-order valence-corrected chi connectivity index (χ4v) is 3.83. The number of imide groups is 1. The van der Waals surface area contributed by atoms with E-state index in [9.17, 15) is 14.4 Å². The van der Waals surface area contributed by atoms with E-state index in [1.165, 1.54) is 13.0 Å². The van der Waals surface area contributed by atoms with Crippen molar-refractivity contribution < 1.29 is 23.5 Å². The van der Waals surface area contributed by atoms with E-state index >= 15 is 0 Å². The minimum absolute atomic E-state index is 0.181. The molecule has 2 aromatic rings. The highest BCUT2D eigenvalue weighted by molar-refractivity contribution is 9.10. The summed E-state index contributed by atoms with van der Waals surface area (Å²) in [5.41, 5.74) is 0.882. The first kappa shape index (κ1) is 19.4. The number of carbonyl (C=O) groups excluding carboxylic acids is 3. The van der Waals surface area contributed by atoms with Crippen molar-refractivity contribution in [1.82, 2.24) is 4.90 Å². The van der Waals surface area contributed by atoms with Crippen LogP contribution < -0.4 is 0 Å². The summed E-state index contributed by atoms with van der Waals surface area (Å²) >= 11 is 4.18.